The van der Waals surface area contributed by atoms with Gasteiger partial charge in [0.1, 0.15) is 0 Å². The number of allylic oxidation sites excluding steroid dienone is 22. The summed E-state index contributed by atoms with van der Waals surface area (Å²) in [7, 11) is -14.4. The Bertz CT molecular complexity index is 4430. The maximum Gasteiger partial charge on any atom is 0.363 e. The molecule has 0 bridgehead atoms. The largest absolute Gasteiger partial charge is 0.393 e. The maximum absolute atomic E-state index is 14.6. The second-order valence-electron chi connectivity index (χ2n) is 42.3. The number of aliphatic hydroxyl groups excluding tert-OH is 4. The summed E-state index contributed by atoms with van der Waals surface area (Å²) in [6.07, 6.45) is 69.2. The molecule has 12 nitrogen and oxygen atoms in total. The van der Waals surface area contributed by atoms with Gasteiger partial charge in [-0.05, 0) is 354 Å². The third-order valence-electron chi connectivity index (χ3n) is 33.3. The second-order valence-corrected chi connectivity index (χ2v) is 51.7. The van der Waals surface area contributed by atoms with E-state index in [9.17, 15) is 67.3 Å². The Morgan fingerprint density at radius 3 is 1.04 bits per heavy atom. The zero-order chi connectivity index (χ0) is 91.5. The molecule has 12 saturated carbocycles. The first-order chi connectivity index (χ1) is 57.6. The van der Waals surface area contributed by atoms with E-state index < -0.39 is 59.1 Å². The van der Waals surface area contributed by atoms with Gasteiger partial charge in [-0.3, -0.25) is 0 Å². The summed E-state index contributed by atoms with van der Waals surface area (Å²) in [6, 6.07) is 0. The van der Waals surface area contributed by atoms with Crippen molar-refractivity contribution in [3.8, 4) is 0 Å². The fourth-order valence-electron chi connectivity index (χ4n) is 24.5. The zero-order valence-electron chi connectivity index (χ0n) is 78.0. The van der Waals surface area contributed by atoms with E-state index in [-0.39, 0.29) is 77.2 Å². The summed E-state index contributed by atoms with van der Waals surface area (Å²) in [4.78, 5) is 0. The first-order valence-electron chi connectivity index (χ1n) is 47.0. The van der Waals surface area contributed by atoms with Gasteiger partial charge in [0.15, 0.2) is 29.5 Å². The van der Waals surface area contributed by atoms with Crippen LogP contribution >= 0.6 is 0 Å². The van der Waals surface area contributed by atoms with E-state index in [1.807, 2.05) is 19.1 Å². The number of sulfone groups is 4. The van der Waals surface area contributed by atoms with E-state index in [2.05, 4.69) is 142 Å². The van der Waals surface area contributed by atoms with E-state index in [4.69, 9.17) is 0 Å². The molecule has 0 aromatic heterocycles. The maximum atomic E-state index is 14.6. The predicted octanol–water partition coefficient (Wildman–Crippen LogP) is 24.7. The lowest BCUT2D eigenvalue weighted by Gasteiger charge is -2.44. The van der Waals surface area contributed by atoms with Gasteiger partial charge in [0.2, 0.25) is 14.8 Å². The van der Waals surface area contributed by atoms with Crippen LogP contribution in [0.3, 0.4) is 0 Å². The summed E-state index contributed by atoms with van der Waals surface area (Å²) < 4.78 is 135. The molecule has 4 N–H and O–H groups in total. The number of hydrogen-bond donors (Lipinski definition) is 4. The molecule has 0 amide bonds. The molecule has 0 aliphatic heterocycles. The third kappa shape index (κ3) is 24.1. The van der Waals surface area contributed by atoms with Crippen molar-refractivity contribution in [2.45, 2.75) is 340 Å². The van der Waals surface area contributed by atoms with Crippen LogP contribution in [0.4, 0.5) is 13.2 Å². The highest BCUT2D eigenvalue weighted by Gasteiger charge is 2.55. The lowest BCUT2D eigenvalue weighted by Crippen LogP contribution is -2.36. The molecule has 13 aliphatic carbocycles. The topological polar surface area (TPSA) is 217 Å². The van der Waals surface area contributed by atoms with Crippen molar-refractivity contribution in [3.63, 3.8) is 0 Å². The van der Waals surface area contributed by atoms with E-state index >= 15 is 0 Å². The lowest BCUT2D eigenvalue weighted by molar-refractivity contribution is 0.110. The molecule has 13 rings (SSSR count). The van der Waals surface area contributed by atoms with Gasteiger partial charge in [-0.15, -0.1) is 0 Å². The highest BCUT2D eigenvalue weighted by atomic mass is 32.2. The average Bonchev–Trinajstić information content (AvgIpc) is 1.61. The molecular weight excluding hydrogens is 1650 g/mol. The van der Waals surface area contributed by atoms with Crippen LogP contribution in [-0.4, -0.2) is 123 Å². The van der Waals surface area contributed by atoms with Crippen molar-refractivity contribution >= 4 is 39.3 Å². The Hall–Kier alpha value is -4.99. The Kier molecular flexibility index (Phi) is 34.0. The van der Waals surface area contributed by atoms with Gasteiger partial charge >= 0.3 is 5.25 Å². The van der Waals surface area contributed by atoms with E-state index in [1.54, 1.807) is 25.5 Å². The fraction of sp³-hybridized carbons (Fsp3) is 0.679. The highest BCUT2D eigenvalue weighted by molar-refractivity contribution is 7.93. The number of hydrogen-bond acceptors (Lipinski definition) is 12. The molecule has 19 unspecified atom stereocenters. The summed E-state index contributed by atoms with van der Waals surface area (Å²) in [5.74, 6) is 3.90. The van der Waals surface area contributed by atoms with Gasteiger partial charge in [-0.2, -0.15) is 8.78 Å². The van der Waals surface area contributed by atoms with Crippen molar-refractivity contribution in [1.29, 1.82) is 0 Å². The smallest absolute Gasteiger partial charge is 0.363 e. The molecular formula is C106H159F3O12S4. The molecule has 0 aromatic rings. The summed E-state index contributed by atoms with van der Waals surface area (Å²) in [5, 5.41) is 33.9. The molecule has 20 atom stereocenters. The van der Waals surface area contributed by atoms with Gasteiger partial charge in [-0.1, -0.05) is 230 Å². The van der Waals surface area contributed by atoms with E-state index in [0.29, 0.717) is 66.6 Å². The van der Waals surface area contributed by atoms with Crippen LogP contribution in [0.2, 0.25) is 0 Å². The molecule has 0 radical (unpaired) electrons. The second kappa shape index (κ2) is 41.0. The van der Waals surface area contributed by atoms with Gasteiger partial charge in [0.05, 0.1) is 33.9 Å². The summed E-state index contributed by atoms with van der Waals surface area (Å²) in [5.41, 5.74) is 17.4. The standard InChI is InChI=1S/C27H38O3S.C27H42O3S.C26H39FO3S.C25H36F2O3S.CH4/c1-19-7-10-23(28)18-22(19)9-8-21-6-5-14-26(3)24(11-12-25(21)26)20(2)13-15-27(16-17-27)31(4,29)30;1-19-9-12-23(28)18-22(19)11-10-21-8-7-16-27(5)24(13-14-25(21)27)20(2)15-17-26(3,4)31(6,29)30;1-18-8-11-22(28)17-21(18)10-9-20-7-6-15-25(3)23(12-13-24(20)25)19(2)14-16-26(4,27)31(5,29)30;1-17-7-10-21(28)16-20(17)9-8-19-6-5-14-24(3)22(11-12-23(19)24)18(2)13-15-25(26,27)31(4,29)30;/h8-9,11,13,15,20,23,25,28H,1,5-7,10,12,14,16-18H2,2-4H3;10-11,15,17,20,23-25,28H,1,7-9,12-14,16,18H2,2-6H3;9-10,14,16,19,22-24,28H,1,6-8,11-13,15,17H2,2-5H3;8-9,13,15,18,21-23,28H,1,5-7,10-12,14,16H2,2-4H3;1H4/b15-13+,21-8+,22-9-;17-15+,21-10+,22-11-;16-14+,20-9+,21-10-;15-13+,19-8+,20-9-;/t;;;18?,21?,22?,23-,24?;/m...0./s1. The van der Waals surface area contributed by atoms with Gasteiger partial charge < -0.3 is 20.4 Å². The van der Waals surface area contributed by atoms with Crippen molar-refractivity contribution < 1.29 is 67.3 Å². The quantitative estimate of drug-likeness (QED) is 0.0837. The molecule has 19 heteroatoms. The summed E-state index contributed by atoms with van der Waals surface area (Å²) >= 11 is 0. The molecule has 12 fully saturated rings. The SMILES string of the molecule is C.C=C1CCC(O)C/C1=C/C=C1\CCCC2(C)C(C(C)/C=C/C(F)(F)S(C)(=O)=O)CC[C@@H]12.C=C1CCC(O)C/C1=C/C=C1\CCCC2(C)C(C(C)/C=C/C3(S(C)(=O)=O)CC3)=CCC12.C=C1CCC(O)C/C1=C/C=C1\CCCC2(C)C1CCC2C(C)/C=C/C(C)(C)S(C)(=O)=O.C=C1CCC(O)C/C1=C/C=C1\CCCC2(C)C1CCC2C(C)/C=C/C(C)(F)S(C)(=O)=O. The van der Waals surface area contributed by atoms with Crippen LogP contribution in [0.5, 0.6) is 0 Å². The van der Waals surface area contributed by atoms with Crippen LogP contribution < -0.4 is 0 Å². The van der Waals surface area contributed by atoms with E-state index in [0.717, 1.165) is 190 Å². The fourth-order valence-corrected chi connectivity index (χ4v) is 26.7. The minimum absolute atomic E-state index is 0. The zero-order valence-corrected chi connectivity index (χ0v) is 81.2. The molecule has 13 aliphatic rings. The van der Waals surface area contributed by atoms with Crippen LogP contribution in [0.15, 0.2) is 202 Å². The molecule has 0 heterocycles. The van der Waals surface area contributed by atoms with Crippen molar-refractivity contribution in [2.75, 3.05) is 25.0 Å². The Labute approximate surface area is 754 Å². The monoisotopic (exact) mass is 1810 g/mol. The molecule has 0 saturated heterocycles. The first kappa shape index (κ1) is 104. The highest BCUT2D eigenvalue weighted by Crippen LogP contribution is 2.64. The Morgan fingerprint density at radius 2 is 0.728 bits per heavy atom. The number of alkyl halides is 3. The van der Waals surface area contributed by atoms with Crippen molar-refractivity contribution in [1.82, 2.24) is 0 Å². The predicted molar refractivity (Wildman–Crippen MR) is 513 cm³/mol. The van der Waals surface area contributed by atoms with Crippen molar-refractivity contribution in [3.05, 3.63) is 202 Å². The number of halogens is 3. The van der Waals surface area contributed by atoms with Crippen LogP contribution in [-0.2, 0) is 39.3 Å². The summed E-state index contributed by atoms with van der Waals surface area (Å²) in [6.45, 7) is 39.5. The lowest BCUT2D eigenvalue weighted by atomic mass is 9.61. The first-order valence-corrected chi connectivity index (χ1v) is 54.5. The molecule has 125 heavy (non-hydrogen) atoms. The number of fused-ring (bicyclic) bond motifs is 4. The van der Waals surface area contributed by atoms with Gasteiger partial charge in [0, 0.05) is 25.0 Å². The molecule has 0 spiro atoms. The molecule has 700 valence electrons. The third-order valence-corrected chi connectivity index (χ3v) is 40.1. The van der Waals surface area contributed by atoms with Gasteiger partial charge in [0.25, 0.3) is 0 Å². The minimum atomic E-state index is -4.46. The van der Waals surface area contributed by atoms with Crippen molar-refractivity contribution in [2.24, 2.45) is 86.8 Å². The van der Waals surface area contributed by atoms with E-state index in [1.165, 1.54) is 113 Å². The van der Waals surface area contributed by atoms with Crippen LogP contribution in [0.1, 0.15) is 295 Å². The molecule has 0 aromatic carbocycles. The van der Waals surface area contributed by atoms with Gasteiger partial charge in [-0.25, -0.2) is 38.1 Å². The normalized spacial score (nSPS) is 36.5. The number of aliphatic hydroxyl groups is 4. The Balaban J connectivity index is 0.000000188. The average molecular weight is 1810 g/mol. The van der Waals surface area contributed by atoms with Crippen LogP contribution in [0.25, 0.3) is 0 Å². The number of rotatable bonds is 20. The Morgan fingerprint density at radius 1 is 0.408 bits per heavy atom. The minimum Gasteiger partial charge on any atom is -0.393 e. The van der Waals surface area contributed by atoms with Crippen LogP contribution in [0, 0.1) is 86.8 Å².